The van der Waals surface area contributed by atoms with Gasteiger partial charge in [-0.05, 0) is 24.3 Å². The number of carbonyl (C=O) groups is 1. The molecule has 2 aromatic carbocycles. The molecule has 202 valence electrons. The van der Waals surface area contributed by atoms with Gasteiger partial charge in [0.25, 0.3) is 5.91 Å². The van der Waals surface area contributed by atoms with Crippen LogP contribution < -0.4 is 10.2 Å². The average Bonchev–Trinajstić information content (AvgIpc) is 3.45. The van der Waals surface area contributed by atoms with E-state index in [0.717, 1.165) is 65.0 Å². The zero-order valence-electron chi connectivity index (χ0n) is 22.2. The lowest BCUT2D eigenvalue weighted by Gasteiger charge is -2.35. The van der Waals surface area contributed by atoms with E-state index in [0.29, 0.717) is 23.8 Å². The Hall–Kier alpha value is -4.25. The van der Waals surface area contributed by atoms with E-state index in [1.54, 1.807) is 19.4 Å². The largest absolute Gasteiger partial charge is 0.383 e. The summed E-state index contributed by atoms with van der Waals surface area (Å²) < 4.78 is 5.24. The van der Waals surface area contributed by atoms with Gasteiger partial charge in [-0.15, -0.1) is 0 Å². The Morgan fingerprint density at radius 3 is 2.55 bits per heavy atom. The smallest absolute Gasteiger partial charge is 0.274 e. The molecule has 10 heteroatoms. The van der Waals surface area contributed by atoms with Gasteiger partial charge in [0.2, 0.25) is 0 Å². The number of hydrogen-bond donors (Lipinski definition) is 1. The third kappa shape index (κ3) is 5.69. The van der Waals surface area contributed by atoms with Gasteiger partial charge in [-0.2, -0.15) is 0 Å². The second kappa shape index (κ2) is 11.9. The van der Waals surface area contributed by atoms with E-state index in [1.165, 1.54) is 11.3 Å². The molecule has 1 N–H and O–H groups in total. The van der Waals surface area contributed by atoms with E-state index in [4.69, 9.17) is 14.7 Å². The van der Waals surface area contributed by atoms with Crippen molar-refractivity contribution in [2.45, 2.75) is 0 Å². The summed E-state index contributed by atoms with van der Waals surface area (Å²) >= 11 is 1.50. The molecule has 1 fully saturated rings. The lowest BCUT2D eigenvalue weighted by atomic mass is 10.1. The van der Waals surface area contributed by atoms with Gasteiger partial charge in [-0.1, -0.05) is 53.8 Å². The van der Waals surface area contributed by atoms with Gasteiger partial charge in [0.05, 0.1) is 12.3 Å². The number of pyridine rings is 1. The fraction of sp³-hybridized carbons (Fsp3) is 0.233. The molecule has 0 spiro atoms. The molecule has 4 heterocycles. The number of piperazine rings is 1. The van der Waals surface area contributed by atoms with Crippen molar-refractivity contribution in [1.82, 2.24) is 24.8 Å². The molecule has 0 unspecified atom stereocenters. The Balaban J connectivity index is 1.30. The number of aromatic nitrogens is 4. The van der Waals surface area contributed by atoms with Crippen LogP contribution in [0.2, 0.25) is 0 Å². The minimum atomic E-state index is -0.300. The SMILES string of the molecule is COCCN1CCN(c2cc(C(=O)Nc3ccccc3-c3nc4cccnc4s3)nc(-c3ccccc3)n2)CC1. The molecule has 0 bridgehead atoms. The number of fused-ring (bicyclic) bond motifs is 1. The first kappa shape index (κ1) is 26.0. The fourth-order valence-electron chi connectivity index (χ4n) is 4.70. The molecule has 0 aliphatic carbocycles. The fourth-order valence-corrected chi connectivity index (χ4v) is 5.65. The van der Waals surface area contributed by atoms with Crippen molar-refractivity contribution in [2.24, 2.45) is 0 Å². The summed E-state index contributed by atoms with van der Waals surface area (Å²) in [6.07, 6.45) is 1.76. The molecular formula is C30H29N7O2S. The maximum absolute atomic E-state index is 13.7. The molecule has 0 atom stereocenters. The van der Waals surface area contributed by atoms with Crippen molar-refractivity contribution >= 4 is 39.1 Å². The van der Waals surface area contributed by atoms with Crippen molar-refractivity contribution in [3.63, 3.8) is 0 Å². The van der Waals surface area contributed by atoms with Crippen LogP contribution in [0.4, 0.5) is 11.5 Å². The van der Waals surface area contributed by atoms with Crippen LogP contribution in [0.5, 0.6) is 0 Å². The summed E-state index contributed by atoms with van der Waals surface area (Å²) in [5.74, 6) is 0.970. The number of amides is 1. The highest BCUT2D eigenvalue weighted by atomic mass is 32.1. The van der Waals surface area contributed by atoms with Crippen LogP contribution in [-0.2, 0) is 4.74 Å². The van der Waals surface area contributed by atoms with E-state index in [1.807, 2.05) is 66.7 Å². The second-order valence-corrected chi connectivity index (χ2v) is 10.4. The molecule has 5 aromatic rings. The van der Waals surface area contributed by atoms with Crippen molar-refractivity contribution in [2.75, 3.05) is 56.7 Å². The molecule has 1 aliphatic rings. The minimum absolute atomic E-state index is 0.300. The van der Waals surface area contributed by atoms with Gasteiger partial charge in [0.1, 0.15) is 26.9 Å². The minimum Gasteiger partial charge on any atom is -0.383 e. The summed E-state index contributed by atoms with van der Waals surface area (Å²) in [6.45, 7) is 5.04. The number of para-hydroxylation sites is 1. The number of carbonyl (C=O) groups excluding carboxylic acids is 1. The van der Waals surface area contributed by atoms with Crippen LogP contribution in [0.3, 0.4) is 0 Å². The summed E-state index contributed by atoms with van der Waals surface area (Å²) in [4.78, 5) is 37.8. The highest BCUT2D eigenvalue weighted by Crippen LogP contribution is 2.34. The normalized spacial score (nSPS) is 14.0. The molecule has 6 rings (SSSR count). The Bertz CT molecular complexity index is 1580. The van der Waals surface area contributed by atoms with Crippen molar-refractivity contribution in [3.05, 3.63) is 84.7 Å². The maximum atomic E-state index is 13.7. The highest BCUT2D eigenvalue weighted by Gasteiger charge is 2.22. The predicted octanol–water partition coefficient (Wildman–Crippen LogP) is 4.84. The second-order valence-electron chi connectivity index (χ2n) is 9.47. The summed E-state index contributed by atoms with van der Waals surface area (Å²) in [5.41, 5.74) is 3.51. The Morgan fingerprint density at radius 1 is 0.950 bits per heavy atom. The maximum Gasteiger partial charge on any atom is 0.274 e. The first-order valence-electron chi connectivity index (χ1n) is 13.2. The molecule has 3 aromatic heterocycles. The lowest BCUT2D eigenvalue weighted by molar-refractivity contribution is 0.102. The van der Waals surface area contributed by atoms with E-state index in [9.17, 15) is 4.79 Å². The van der Waals surface area contributed by atoms with Gasteiger partial charge >= 0.3 is 0 Å². The molecule has 9 nitrogen and oxygen atoms in total. The van der Waals surface area contributed by atoms with Crippen LogP contribution in [-0.4, -0.2) is 77.2 Å². The third-order valence-corrected chi connectivity index (χ3v) is 7.87. The van der Waals surface area contributed by atoms with E-state index >= 15 is 0 Å². The number of hydrogen-bond acceptors (Lipinski definition) is 9. The standard InChI is InChI=1S/C30H29N7O2S/c1-39-19-18-36-14-16-37(17-15-36)26-20-25(32-27(35-26)21-8-3-2-4-9-21)28(38)33-23-11-6-5-10-22(23)29-34-24-12-7-13-31-30(24)40-29/h2-13,20H,14-19H2,1H3,(H,33,38). The van der Waals surface area contributed by atoms with Crippen molar-refractivity contribution in [1.29, 1.82) is 0 Å². The van der Waals surface area contributed by atoms with Crippen LogP contribution in [0.25, 0.3) is 32.3 Å². The molecule has 1 saturated heterocycles. The number of nitrogens with one attached hydrogen (secondary N) is 1. The van der Waals surface area contributed by atoms with Crippen LogP contribution in [0.1, 0.15) is 10.5 Å². The van der Waals surface area contributed by atoms with E-state index in [2.05, 4.69) is 25.1 Å². The number of benzene rings is 2. The van der Waals surface area contributed by atoms with Crippen molar-refractivity contribution in [3.8, 4) is 22.0 Å². The average molecular weight is 552 g/mol. The van der Waals surface area contributed by atoms with Gasteiger partial charge in [-0.25, -0.2) is 19.9 Å². The number of nitrogens with zero attached hydrogens (tertiary/aromatic N) is 6. The van der Waals surface area contributed by atoms with E-state index in [-0.39, 0.29) is 5.91 Å². The monoisotopic (exact) mass is 551 g/mol. The van der Waals surface area contributed by atoms with Gasteiger partial charge in [0, 0.05) is 63.2 Å². The van der Waals surface area contributed by atoms with Crippen LogP contribution in [0, 0.1) is 0 Å². The predicted molar refractivity (Wildman–Crippen MR) is 159 cm³/mol. The summed E-state index contributed by atoms with van der Waals surface area (Å²) in [6, 6.07) is 23.0. The number of ether oxygens (including phenoxy) is 1. The summed E-state index contributed by atoms with van der Waals surface area (Å²) in [5, 5.41) is 3.88. The topological polar surface area (TPSA) is 96.4 Å². The lowest BCUT2D eigenvalue weighted by Crippen LogP contribution is -2.47. The third-order valence-electron chi connectivity index (χ3n) is 6.86. The summed E-state index contributed by atoms with van der Waals surface area (Å²) in [7, 11) is 1.73. The van der Waals surface area contributed by atoms with Crippen LogP contribution in [0.15, 0.2) is 79.0 Å². The molecule has 40 heavy (non-hydrogen) atoms. The van der Waals surface area contributed by atoms with Crippen molar-refractivity contribution < 1.29 is 9.53 Å². The molecule has 0 saturated carbocycles. The Labute approximate surface area is 236 Å². The number of rotatable bonds is 8. The van der Waals surface area contributed by atoms with Gasteiger partial charge in [-0.3, -0.25) is 9.69 Å². The van der Waals surface area contributed by atoms with Gasteiger partial charge in [0.15, 0.2) is 5.82 Å². The molecule has 1 aliphatic heterocycles. The molecular weight excluding hydrogens is 522 g/mol. The van der Waals surface area contributed by atoms with E-state index < -0.39 is 0 Å². The highest BCUT2D eigenvalue weighted by molar-refractivity contribution is 7.21. The Morgan fingerprint density at radius 2 is 1.75 bits per heavy atom. The number of methoxy groups -OCH3 is 1. The zero-order valence-corrected chi connectivity index (χ0v) is 23.0. The number of thiazole rings is 1. The zero-order chi connectivity index (χ0) is 27.3. The molecule has 0 radical (unpaired) electrons. The van der Waals surface area contributed by atoms with Crippen LogP contribution >= 0.6 is 11.3 Å². The Kier molecular flexibility index (Phi) is 7.71. The first-order valence-corrected chi connectivity index (χ1v) is 14.0. The van der Waals surface area contributed by atoms with Gasteiger partial charge < -0.3 is 15.0 Å². The number of anilines is 2. The molecule has 1 amide bonds. The quantitative estimate of drug-likeness (QED) is 0.293. The first-order chi connectivity index (χ1) is 19.7.